The summed E-state index contributed by atoms with van der Waals surface area (Å²) >= 11 is 7.59. The third-order valence-electron chi connectivity index (χ3n) is 2.52. The van der Waals surface area contributed by atoms with Crippen molar-refractivity contribution in [3.8, 4) is 10.7 Å². The molecule has 0 aliphatic heterocycles. The molecule has 19 heavy (non-hydrogen) atoms. The van der Waals surface area contributed by atoms with Gasteiger partial charge in [-0.05, 0) is 24.3 Å². The number of halogens is 1. The van der Waals surface area contributed by atoms with E-state index >= 15 is 0 Å². The number of sulfonamides is 1. The van der Waals surface area contributed by atoms with Gasteiger partial charge >= 0.3 is 0 Å². The van der Waals surface area contributed by atoms with Crippen LogP contribution in [0, 0.1) is 6.92 Å². The van der Waals surface area contributed by atoms with Crippen LogP contribution >= 0.6 is 22.9 Å². The van der Waals surface area contributed by atoms with Crippen molar-refractivity contribution >= 4 is 33.0 Å². The number of hydrogen-bond donors (Lipinski definition) is 1. The van der Waals surface area contributed by atoms with E-state index in [-0.39, 0.29) is 5.16 Å². The van der Waals surface area contributed by atoms with Crippen LogP contribution in [0.15, 0.2) is 10.5 Å². The van der Waals surface area contributed by atoms with Gasteiger partial charge < -0.3 is 0 Å². The molecule has 0 aliphatic rings. The topological polar surface area (TPSA) is 90.9 Å². The van der Waals surface area contributed by atoms with Gasteiger partial charge in [0.05, 0.1) is 9.90 Å². The van der Waals surface area contributed by atoms with Gasteiger partial charge in [-0.1, -0.05) is 18.5 Å². The number of nitrogens with two attached hydrogens (primary N) is 1. The number of nitrogens with zero attached hydrogens (tertiary/aromatic N) is 3. The normalized spacial score (nSPS) is 12.0. The highest BCUT2D eigenvalue weighted by Gasteiger charge is 2.23. The maximum atomic E-state index is 11.5. The second-order valence-electron chi connectivity index (χ2n) is 4.06. The smallest absolute Gasteiger partial charge is 0.273 e. The van der Waals surface area contributed by atoms with E-state index in [9.17, 15) is 8.42 Å². The lowest BCUT2D eigenvalue weighted by Gasteiger charge is -2.06. The predicted octanol–water partition coefficient (Wildman–Crippen LogP) is 2.03. The first-order valence-electron chi connectivity index (χ1n) is 5.56. The van der Waals surface area contributed by atoms with Gasteiger partial charge in [0.1, 0.15) is 0 Å². The minimum atomic E-state index is -3.90. The highest BCUT2D eigenvalue weighted by atomic mass is 35.5. The molecular weight excluding hydrogens is 308 g/mol. The van der Waals surface area contributed by atoms with Crippen LogP contribution in [0.25, 0.3) is 10.7 Å². The molecule has 2 N–H and O–H groups in total. The monoisotopic (exact) mass is 320 g/mol. The largest absolute Gasteiger partial charge is 0.296 e. The van der Waals surface area contributed by atoms with E-state index in [1.807, 2.05) is 19.2 Å². The predicted molar refractivity (Wildman–Crippen MR) is 74.7 cm³/mol. The maximum Gasteiger partial charge on any atom is 0.273 e. The van der Waals surface area contributed by atoms with E-state index in [1.165, 1.54) is 15.9 Å². The van der Waals surface area contributed by atoms with E-state index in [0.717, 1.165) is 12.0 Å². The van der Waals surface area contributed by atoms with Gasteiger partial charge in [0, 0.05) is 6.54 Å². The molecule has 0 unspecified atom stereocenters. The van der Waals surface area contributed by atoms with E-state index in [1.54, 1.807) is 0 Å². The lowest BCUT2D eigenvalue weighted by molar-refractivity contribution is 0.560. The molecule has 104 valence electrons. The van der Waals surface area contributed by atoms with E-state index in [0.29, 0.717) is 22.3 Å². The third kappa shape index (κ3) is 2.66. The summed E-state index contributed by atoms with van der Waals surface area (Å²) in [5.74, 6) is 0.439. The Hall–Kier alpha value is -0.960. The van der Waals surface area contributed by atoms with Crippen LogP contribution in [0.5, 0.6) is 0 Å². The van der Waals surface area contributed by atoms with Crippen molar-refractivity contribution in [3.63, 3.8) is 0 Å². The number of thiophene rings is 1. The molecule has 0 saturated heterocycles. The van der Waals surface area contributed by atoms with Crippen LogP contribution in [0.1, 0.15) is 18.9 Å². The molecule has 6 nitrogen and oxygen atoms in total. The zero-order chi connectivity index (χ0) is 14.2. The summed E-state index contributed by atoms with van der Waals surface area (Å²) < 4.78 is 24.5. The zero-order valence-corrected chi connectivity index (χ0v) is 12.8. The van der Waals surface area contributed by atoms with Gasteiger partial charge in [0.25, 0.3) is 15.2 Å². The Morgan fingerprint density at radius 3 is 2.63 bits per heavy atom. The van der Waals surface area contributed by atoms with Crippen LogP contribution in [0.4, 0.5) is 0 Å². The molecule has 0 atom stereocenters. The Bertz CT molecular complexity index is 705. The quantitative estimate of drug-likeness (QED) is 0.933. The molecule has 2 aromatic rings. The fourth-order valence-electron chi connectivity index (χ4n) is 1.67. The van der Waals surface area contributed by atoms with Crippen LogP contribution in [0.2, 0.25) is 5.02 Å². The molecule has 0 aliphatic carbocycles. The average Bonchev–Trinajstić information content (AvgIpc) is 2.85. The molecule has 0 amide bonds. The fourth-order valence-corrected chi connectivity index (χ4v) is 3.58. The molecule has 0 fully saturated rings. The molecule has 0 radical (unpaired) electrons. The molecule has 2 rings (SSSR count). The van der Waals surface area contributed by atoms with E-state index < -0.39 is 10.0 Å². The highest BCUT2D eigenvalue weighted by Crippen LogP contribution is 2.36. The molecule has 0 spiro atoms. The second-order valence-corrected chi connectivity index (χ2v) is 6.78. The first kappa shape index (κ1) is 14.4. The Labute approximate surface area is 120 Å². The van der Waals surface area contributed by atoms with Crippen LogP contribution < -0.4 is 5.14 Å². The van der Waals surface area contributed by atoms with Crippen molar-refractivity contribution in [2.24, 2.45) is 5.14 Å². The lowest BCUT2D eigenvalue weighted by Crippen LogP contribution is -2.19. The lowest BCUT2D eigenvalue weighted by atomic mass is 10.3. The minimum Gasteiger partial charge on any atom is -0.296 e. The highest BCUT2D eigenvalue weighted by molar-refractivity contribution is 7.89. The van der Waals surface area contributed by atoms with E-state index in [4.69, 9.17) is 16.7 Å². The molecular formula is C10H13ClN4O2S2. The minimum absolute atomic E-state index is 0.230. The van der Waals surface area contributed by atoms with Crippen molar-refractivity contribution in [3.05, 3.63) is 16.0 Å². The number of aromatic nitrogens is 3. The summed E-state index contributed by atoms with van der Waals surface area (Å²) in [5, 5.41) is 15.0. The van der Waals surface area contributed by atoms with Gasteiger partial charge in [-0.25, -0.2) is 13.6 Å². The summed E-state index contributed by atoms with van der Waals surface area (Å²) in [4.78, 5) is 0.704. The summed E-state index contributed by atoms with van der Waals surface area (Å²) in [5.41, 5.74) is 0.921. The van der Waals surface area contributed by atoms with Crippen molar-refractivity contribution in [2.75, 3.05) is 0 Å². The first-order chi connectivity index (χ1) is 8.86. The zero-order valence-electron chi connectivity index (χ0n) is 10.4. The molecule has 2 aromatic heterocycles. The van der Waals surface area contributed by atoms with Gasteiger partial charge in [-0.2, -0.15) is 0 Å². The summed E-state index contributed by atoms with van der Waals surface area (Å²) in [6, 6.07) is 0. The molecule has 0 bridgehead atoms. The Kier molecular flexibility index (Phi) is 3.95. The van der Waals surface area contributed by atoms with Gasteiger partial charge in [-0.15, -0.1) is 21.5 Å². The van der Waals surface area contributed by atoms with Crippen molar-refractivity contribution in [1.82, 2.24) is 14.8 Å². The van der Waals surface area contributed by atoms with Crippen LogP contribution in [-0.2, 0) is 16.6 Å². The van der Waals surface area contributed by atoms with Crippen molar-refractivity contribution in [2.45, 2.75) is 32.0 Å². The molecule has 0 aromatic carbocycles. The average molecular weight is 321 g/mol. The SMILES string of the molecule is CCCn1c(-c2scc(C)c2Cl)nnc1S(N)(=O)=O. The Morgan fingerprint density at radius 2 is 2.16 bits per heavy atom. The fraction of sp³-hybridized carbons (Fsp3) is 0.400. The standard InChI is InChI=1S/C10H13ClN4O2S2/c1-3-4-15-9(8-7(11)6(2)5-18-8)13-14-10(15)19(12,16)17/h5H,3-4H2,1-2H3,(H2,12,16,17). The van der Waals surface area contributed by atoms with E-state index in [2.05, 4.69) is 10.2 Å². The van der Waals surface area contributed by atoms with Gasteiger partial charge in [-0.3, -0.25) is 4.57 Å². The summed E-state index contributed by atoms with van der Waals surface area (Å²) in [6.45, 7) is 4.27. The van der Waals surface area contributed by atoms with Crippen molar-refractivity contribution < 1.29 is 8.42 Å². The molecule has 2 heterocycles. The molecule has 9 heteroatoms. The number of rotatable bonds is 4. The van der Waals surface area contributed by atoms with Gasteiger partial charge in [0.2, 0.25) is 0 Å². The summed E-state index contributed by atoms with van der Waals surface area (Å²) in [7, 11) is -3.90. The molecule has 0 saturated carbocycles. The Morgan fingerprint density at radius 1 is 1.47 bits per heavy atom. The van der Waals surface area contributed by atoms with Crippen LogP contribution in [0.3, 0.4) is 0 Å². The maximum absolute atomic E-state index is 11.5. The Balaban J connectivity index is 2.65. The van der Waals surface area contributed by atoms with Gasteiger partial charge in [0.15, 0.2) is 5.82 Å². The van der Waals surface area contributed by atoms with Crippen molar-refractivity contribution in [1.29, 1.82) is 0 Å². The number of primary sulfonamides is 1. The number of aryl methyl sites for hydroxylation is 1. The third-order valence-corrected chi connectivity index (χ3v) is 5.02. The summed E-state index contributed by atoms with van der Waals surface area (Å²) in [6.07, 6.45) is 0.732. The van der Waals surface area contributed by atoms with Crippen LogP contribution in [-0.4, -0.2) is 23.2 Å². The first-order valence-corrected chi connectivity index (χ1v) is 8.36. The number of hydrogen-bond acceptors (Lipinski definition) is 5. The second kappa shape index (κ2) is 5.20.